The van der Waals surface area contributed by atoms with Crippen LogP contribution in [-0.2, 0) is 16.6 Å². The normalized spacial score (nSPS) is 17.5. The second kappa shape index (κ2) is 6.22. The van der Waals surface area contributed by atoms with E-state index in [9.17, 15) is 8.42 Å². The molecule has 1 N–H and O–H groups in total. The van der Waals surface area contributed by atoms with Gasteiger partial charge in [0.15, 0.2) is 0 Å². The summed E-state index contributed by atoms with van der Waals surface area (Å²) in [7, 11) is -3.32. The molecule has 19 heavy (non-hydrogen) atoms. The largest absolute Gasteiger partial charge is 0.310 e. The van der Waals surface area contributed by atoms with Crippen LogP contribution in [0.2, 0.25) is 0 Å². The maximum Gasteiger partial charge on any atom is 0.245 e. The Bertz CT molecular complexity index is 534. The van der Waals surface area contributed by atoms with Crippen LogP contribution >= 0.6 is 27.3 Å². The van der Waals surface area contributed by atoms with E-state index < -0.39 is 10.0 Å². The number of halogens is 1. The molecule has 1 aliphatic heterocycles. The number of thiophene rings is 1. The van der Waals surface area contributed by atoms with E-state index in [0.29, 0.717) is 34.4 Å². The molecular weight excluding hydrogens is 348 g/mol. The molecule has 108 valence electrons. The summed E-state index contributed by atoms with van der Waals surface area (Å²) in [4.78, 5) is 1.46. The Morgan fingerprint density at radius 2 is 2.05 bits per heavy atom. The fourth-order valence-corrected chi connectivity index (χ4v) is 6.13. The molecule has 1 saturated heterocycles. The van der Waals surface area contributed by atoms with E-state index in [1.165, 1.54) is 11.3 Å². The minimum Gasteiger partial charge on any atom is -0.310 e. The molecule has 2 rings (SSSR count). The van der Waals surface area contributed by atoms with Gasteiger partial charge in [0.1, 0.15) is 4.90 Å². The summed E-state index contributed by atoms with van der Waals surface area (Å²) in [5, 5.41) is 3.30. The van der Waals surface area contributed by atoms with Crippen LogP contribution in [0, 0.1) is 0 Å². The molecular formula is C12H19BrN2O2S2. The molecule has 7 heteroatoms. The van der Waals surface area contributed by atoms with E-state index >= 15 is 0 Å². The van der Waals surface area contributed by atoms with Gasteiger partial charge in [-0.15, -0.1) is 11.3 Å². The standard InChI is InChI=1S/C12H19BrN2O2S2/c1-9(2)14-8-10-7-11(12(13)18-10)19(16,17)15-5-3-4-6-15/h7,9,14H,3-6,8H2,1-2H3. The van der Waals surface area contributed by atoms with Gasteiger partial charge in [-0.25, -0.2) is 8.42 Å². The van der Waals surface area contributed by atoms with Crippen molar-refractivity contribution in [2.75, 3.05) is 13.1 Å². The summed E-state index contributed by atoms with van der Waals surface area (Å²) >= 11 is 4.88. The Kier molecular flexibility index (Phi) is 5.05. The van der Waals surface area contributed by atoms with Crippen LogP contribution in [0.4, 0.5) is 0 Å². The second-order valence-electron chi connectivity index (χ2n) is 5.00. The molecule has 1 aliphatic rings. The molecule has 0 atom stereocenters. The number of nitrogens with zero attached hydrogens (tertiary/aromatic N) is 1. The van der Waals surface area contributed by atoms with Crippen molar-refractivity contribution in [3.8, 4) is 0 Å². The van der Waals surface area contributed by atoms with Crippen molar-refractivity contribution in [3.63, 3.8) is 0 Å². The molecule has 0 saturated carbocycles. The third kappa shape index (κ3) is 3.58. The molecule has 1 fully saturated rings. The van der Waals surface area contributed by atoms with Gasteiger partial charge in [0.05, 0.1) is 3.79 Å². The van der Waals surface area contributed by atoms with Crippen molar-refractivity contribution in [1.82, 2.24) is 9.62 Å². The number of hydrogen-bond donors (Lipinski definition) is 1. The van der Waals surface area contributed by atoms with Gasteiger partial charge in [0.2, 0.25) is 10.0 Å². The average Bonchev–Trinajstić information content (AvgIpc) is 2.95. The predicted molar refractivity (Wildman–Crippen MR) is 82.0 cm³/mol. The first-order valence-corrected chi connectivity index (χ1v) is 9.48. The molecule has 2 heterocycles. The summed E-state index contributed by atoms with van der Waals surface area (Å²) in [6, 6.07) is 2.18. The van der Waals surface area contributed by atoms with Crippen molar-refractivity contribution in [3.05, 3.63) is 14.7 Å². The Hall–Kier alpha value is 0.0500. The van der Waals surface area contributed by atoms with Crippen molar-refractivity contribution in [2.45, 2.75) is 44.2 Å². The van der Waals surface area contributed by atoms with E-state index in [4.69, 9.17) is 0 Å². The fourth-order valence-electron chi connectivity index (χ4n) is 2.03. The maximum absolute atomic E-state index is 12.5. The first kappa shape index (κ1) is 15.4. The number of rotatable bonds is 5. The topological polar surface area (TPSA) is 49.4 Å². The van der Waals surface area contributed by atoms with Crippen LogP contribution < -0.4 is 5.32 Å². The van der Waals surface area contributed by atoms with Crippen LogP contribution in [0.1, 0.15) is 31.6 Å². The van der Waals surface area contributed by atoms with Crippen LogP contribution in [0.15, 0.2) is 14.7 Å². The molecule has 1 aromatic rings. The lowest BCUT2D eigenvalue weighted by molar-refractivity contribution is 0.477. The molecule has 0 bridgehead atoms. The average molecular weight is 367 g/mol. The van der Waals surface area contributed by atoms with Gasteiger partial charge in [0.25, 0.3) is 0 Å². The first-order valence-electron chi connectivity index (χ1n) is 6.43. The summed E-state index contributed by atoms with van der Waals surface area (Å²) in [6.07, 6.45) is 1.92. The third-order valence-corrected chi connectivity index (χ3v) is 7.22. The monoisotopic (exact) mass is 366 g/mol. The zero-order chi connectivity index (χ0) is 14.0. The highest BCUT2D eigenvalue weighted by atomic mass is 79.9. The molecule has 0 aliphatic carbocycles. The van der Waals surface area contributed by atoms with Crippen LogP contribution in [-0.4, -0.2) is 31.9 Å². The van der Waals surface area contributed by atoms with E-state index in [1.807, 2.05) is 0 Å². The summed E-state index contributed by atoms with van der Waals surface area (Å²) in [5.41, 5.74) is 0. The quantitative estimate of drug-likeness (QED) is 0.871. The van der Waals surface area contributed by atoms with Gasteiger partial charge >= 0.3 is 0 Å². The van der Waals surface area contributed by atoms with Crippen LogP contribution in [0.5, 0.6) is 0 Å². The smallest absolute Gasteiger partial charge is 0.245 e. The van der Waals surface area contributed by atoms with Gasteiger partial charge in [-0.3, -0.25) is 0 Å². The Morgan fingerprint density at radius 1 is 1.42 bits per heavy atom. The number of sulfonamides is 1. The van der Waals surface area contributed by atoms with E-state index in [1.54, 1.807) is 10.4 Å². The fraction of sp³-hybridized carbons (Fsp3) is 0.667. The third-order valence-electron chi connectivity index (χ3n) is 3.07. The van der Waals surface area contributed by atoms with Crippen molar-refractivity contribution in [1.29, 1.82) is 0 Å². The summed E-state index contributed by atoms with van der Waals surface area (Å²) in [6.45, 7) is 6.14. The number of hydrogen-bond acceptors (Lipinski definition) is 4. The van der Waals surface area contributed by atoms with Crippen molar-refractivity contribution >= 4 is 37.3 Å². The highest BCUT2D eigenvalue weighted by Gasteiger charge is 2.30. The van der Waals surface area contributed by atoms with Gasteiger partial charge in [-0.05, 0) is 34.8 Å². The highest BCUT2D eigenvalue weighted by Crippen LogP contribution is 2.34. The lowest BCUT2D eigenvalue weighted by atomic mass is 10.4. The van der Waals surface area contributed by atoms with Gasteiger partial charge < -0.3 is 5.32 Å². The van der Waals surface area contributed by atoms with E-state index in [-0.39, 0.29) is 0 Å². The Balaban J connectivity index is 2.20. The zero-order valence-electron chi connectivity index (χ0n) is 11.1. The van der Waals surface area contributed by atoms with Gasteiger partial charge in [0, 0.05) is 30.6 Å². The first-order chi connectivity index (χ1) is 8.91. The molecule has 0 unspecified atom stereocenters. The van der Waals surface area contributed by atoms with Crippen LogP contribution in [0.3, 0.4) is 0 Å². The predicted octanol–water partition coefficient (Wildman–Crippen LogP) is 2.79. The lowest BCUT2D eigenvalue weighted by Crippen LogP contribution is -2.27. The van der Waals surface area contributed by atoms with Crippen molar-refractivity contribution in [2.24, 2.45) is 0 Å². The SMILES string of the molecule is CC(C)NCc1cc(S(=O)(=O)N2CCCC2)c(Br)s1. The molecule has 0 spiro atoms. The maximum atomic E-state index is 12.5. The van der Waals surface area contributed by atoms with Crippen LogP contribution in [0.25, 0.3) is 0 Å². The number of nitrogens with one attached hydrogen (secondary N) is 1. The highest BCUT2D eigenvalue weighted by molar-refractivity contribution is 9.11. The minimum atomic E-state index is -3.32. The Morgan fingerprint density at radius 3 is 2.63 bits per heavy atom. The lowest BCUT2D eigenvalue weighted by Gasteiger charge is -2.14. The molecule has 0 aromatic carbocycles. The molecule has 0 amide bonds. The Labute approximate surface area is 127 Å². The van der Waals surface area contributed by atoms with E-state index in [0.717, 1.165) is 17.7 Å². The summed E-state index contributed by atoms with van der Waals surface area (Å²) < 4.78 is 27.3. The van der Waals surface area contributed by atoms with Gasteiger partial charge in [-0.1, -0.05) is 13.8 Å². The molecule has 4 nitrogen and oxygen atoms in total. The second-order valence-corrected chi connectivity index (χ2v) is 9.36. The molecule has 1 aromatic heterocycles. The molecule has 0 radical (unpaired) electrons. The summed E-state index contributed by atoms with van der Waals surface area (Å²) in [5.74, 6) is 0. The van der Waals surface area contributed by atoms with Gasteiger partial charge in [-0.2, -0.15) is 4.31 Å². The minimum absolute atomic E-state index is 0.388. The zero-order valence-corrected chi connectivity index (χ0v) is 14.4. The van der Waals surface area contributed by atoms with E-state index in [2.05, 4.69) is 35.1 Å². The van der Waals surface area contributed by atoms with Crippen molar-refractivity contribution < 1.29 is 8.42 Å².